The molecule has 0 aromatic carbocycles. The summed E-state index contributed by atoms with van der Waals surface area (Å²) in [6.45, 7) is 1.50. The van der Waals surface area contributed by atoms with E-state index in [0.717, 1.165) is 6.42 Å². The molecule has 0 saturated heterocycles. The molecule has 1 heterocycles. The molecule has 0 unspecified atom stereocenters. The van der Waals surface area contributed by atoms with E-state index in [9.17, 15) is 9.59 Å². The molecule has 2 amide bonds. The normalized spacial score (nSPS) is 10.1. The van der Waals surface area contributed by atoms with E-state index < -0.39 is 5.97 Å². The monoisotopic (exact) mass is 272 g/mol. The van der Waals surface area contributed by atoms with Crippen molar-refractivity contribution in [2.45, 2.75) is 12.8 Å². The summed E-state index contributed by atoms with van der Waals surface area (Å²) in [5.74, 6) is -1.04. The molecule has 0 atom stereocenters. The molecule has 0 aliphatic rings. The van der Waals surface area contributed by atoms with E-state index in [0.29, 0.717) is 31.1 Å². The summed E-state index contributed by atoms with van der Waals surface area (Å²) in [5.41, 5.74) is 5.33. The van der Waals surface area contributed by atoms with Crippen LogP contribution in [-0.2, 0) is 6.42 Å². The van der Waals surface area contributed by atoms with E-state index in [-0.39, 0.29) is 11.7 Å². The van der Waals surface area contributed by atoms with Gasteiger partial charge in [-0.1, -0.05) is 0 Å². The lowest BCUT2D eigenvalue weighted by Crippen LogP contribution is -2.37. The number of urea groups is 1. The van der Waals surface area contributed by atoms with Gasteiger partial charge in [-0.3, -0.25) is 0 Å². The number of amides is 2. The summed E-state index contributed by atoms with van der Waals surface area (Å²) in [6, 6.07) is -0.251. The van der Waals surface area contributed by atoms with E-state index in [1.165, 1.54) is 16.7 Å². The smallest absolute Gasteiger partial charge is 0.355 e. The van der Waals surface area contributed by atoms with Crippen LogP contribution in [0.15, 0.2) is 5.38 Å². The Hall–Kier alpha value is -1.67. The zero-order valence-corrected chi connectivity index (χ0v) is 10.6. The van der Waals surface area contributed by atoms with E-state index in [1.54, 1.807) is 0 Å². The van der Waals surface area contributed by atoms with Gasteiger partial charge in [0.15, 0.2) is 5.69 Å². The Bertz CT molecular complexity index is 408. The number of nitrogens with zero attached hydrogens (tertiary/aromatic N) is 1. The minimum atomic E-state index is -1.04. The number of nitrogens with one attached hydrogen (secondary N) is 2. The molecule has 18 heavy (non-hydrogen) atoms. The topological polar surface area (TPSA) is 117 Å². The maximum Gasteiger partial charge on any atom is 0.355 e. The third-order valence-electron chi connectivity index (χ3n) is 2.06. The average molecular weight is 272 g/mol. The fraction of sp³-hybridized carbons (Fsp3) is 0.500. The van der Waals surface area contributed by atoms with Crippen molar-refractivity contribution in [1.29, 1.82) is 0 Å². The number of carboxylic acid groups (broad SMARTS) is 1. The molecular weight excluding hydrogens is 256 g/mol. The number of aromatic nitrogens is 1. The Morgan fingerprint density at radius 2 is 2.11 bits per heavy atom. The van der Waals surface area contributed by atoms with Gasteiger partial charge in [0.1, 0.15) is 0 Å². The van der Waals surface area contributed by atoms with Crippen molar-refractivity contribution in [3.05, 3.63) is 16.1 Å². The Morgan fingerprint density at radius 1 is 1.39 bits per heavy atom. The third-order valence-corrected chi connectivity index (χ3v) is 2.97. The van der Waals surface area contributed by atoms with Gasteiger partial charge in [0.05, 0.1) is 5.01 Å². The van der Waals surface area contributed by atoms with Crippen molar-refractivity contribution in [3.63, 3.8) is 0 Å². The highest BCUT2D eigenvalue weighted by molar-refractivity contribution is 7.09. The van der Waals surface area contributed by atoms with Gasteiger partial charge < -0.3 is 21.5 Å². The molecule has 1 rings (SSSR count). The number of hydrogen-bond donors (Lipinski definition) is 4. The van der Waals surface area contributed by atoms with Gasteiger partial charge in [0.25, 0.3) is 0 Å². The molecule has 1 aromatic heterocycles. The lowest BCUT2D eigenvalue weighted by atomic mass is 10.4. The van der Waals surface area contributed by atoms with E-state index in [2.05, 4.69) is 15.6 Å². The zero-order chi connectivity index (χ0) is 13.4. The van der Waals surface area contributed by atoms with Gasteiger partial charge in [-0.05, 0) is 13.0 Å². The SMILES string of the molecule is NCCCNC(=O)NCCc1nc(C(=O)O)cs1. The van der Waals surface area contributed by atoms with Crippen molar-refractivity contribution in [2.75, 3.05) is 19.6 Å². The van der Waals surface area contributed by atoms with Crippen LogP contribution in [-0.4, -0.2) is 41.7 Å². The standard InChI is InChI=1S/C10H16N4O3S/c11-3-1-4-12-10(17)13-5-2-8-14-7(6-18-8)9(15)16/h6H,1-5,11H2,(H,15,16)(H2,12,13,17). The first-order valence-electron chi connectivity index (χ1n) is 5.53. The minimum absolute atomic E-state index is 0.0439. The van der Waals surface area contributed by atoms with Crippen molar-refractivity contribution >= 4 is 23.3 Å². The van der Waals surface area contributed by atoms with Crippen LogP contribution < -0.4 is 16.4 Å². The second kappa shape index (κ2) is 7.62. The van der Waals surface area contributed by atoms with Crippen LogP contribution in [0.25, 0.3) is 0 Å². The quantitative estimate of drug-likeness (QED) is 0.522. The summed E-state index contributed by atoms with van der Waals surface area (Å²) < 4.78 is 0. The van der Waals surface area contributed by atoms with Crippen LogP contribution in [0.4, 0.5) is 4.79 Å². The number of thiazole rings is 1. The van der Waals surface area contributed by atoms with Crippen LogP contribution in [0.2, 0.25) is 0 Å². The molecular formula is C10H16N4O3S. The highest BCUT2D eigenvalue weighted by Crippen LogP contribution is 2.09. The average Bonchev–Trinajstić information content (AvgIpc) is 2.78. The Kier molecular flexibility index (Phi) is 6.09. The first-order chi connectivity index (χ1) is 8.63. The summed E-state index contributed by atoms with van der Waals surface area (Å²) in [4.78, 5) is 25.8. The number of aromatic carboxylic acids is 1. The first-order valence-corrected chi connectivity index (χ1v) is 6.41. The molecule has 0 radical (unpaired) electrons. The van der Waals surface area contributed by atoms with Gasteiger partial charge in [-0.2, -0.15) is 0 Å². The van der Waals surface area contributed by atoms with Crippen molar-refractivity contribution in [1.82, 2.24) is 15.6 Å². The van der Waals surface area contributed by atoms with E-state index in [4.69, 9.17) is 10.8 Å². The molecule has 7 nitrogen and oxygen atoms in total. The van der Waals surface area contributed by atoms with Crippen LogP contribution >= 0.6 is 11.3 Å². The number of carboxylic acids is 1. The maximum atomic E-state index is 11.2. The van der Waals surface area contributed by atoms with Gasteiger partial charge in [0, 0.05) is 24.9 Å². The lowest BCUT2D eigenvalue weighted by Gasteiger charge is -2.05. The third kappa shape index (κ3) is 5.11. The van der Waals surface area contributed by atoms with Gasteiger partial charge in [-0.15, -0.1) is 11.3 Å². The number of carbonyl (C=O) groups excluding carboxylic acids is 1. The lowest BCUT2D eigenvalue weighted by molar-refractivity contribution is 0.0691. The fourth-order valence-electron chi connectivity index (χ4n) is 1.17. The van der Waals surface area contributed by atoms with Crippen LogP contribution in [0.5, 0.6) is 0 Å². The molecule has 0 aliphatic heterocycles. The zero-order valence-electron chi connectivity index (χ0n) is 9.81. The van der Waals surface area contributed by atoms with Gasteiger partial charge >= 0.3 is 12.0 Å². The fourth-order valence-corrected chi connectivity index (χ4v) is 1.95. The van der Waals surface area contributed by atoms with E-state index in [1.807, 2.05) is 0 Å². The molecule has 5 N–H and O–H groups in total. The molecule has 0 spiro atoms. The van der Waals surface area contributed by atoms with Crippen LogP contribution in [0.3, 0.4) is 0 Å². The molecule has 8 heteroatoms. The predicted octanol–water partition coefficient (Wildman–Crippen LogP) is 0.0318. The summed E-state index contributed by atoms with van der Waals surface area (Å²) in [7, 11) is 0. The minimum Gasteiger partial charge on any atom is -0.476 e. The van der Waals surface area contributed by atoms with Gasteiger partial charge in [-0.25, -0.2) is 14.6 Å². The molecule has 0 bridgehead atoms. The van der Waals surface area contributed by atoms with Crippen LogP contribution in [0.1, 0.15) is 21.9 Å². The largest absolute Gasteiger partial charge is 0.476 e. The van der Waals surface area contributed by atoms with Gasteiger partial charge in [0.2, 0.25) is 0 Å². The number of hydrogen-bond acceptors (Lipinski definition) is 5. The Balaban J connectivity index is 2.20. The van der Waals surface area contributed by atoms with E-state index >= 15 is 0 Å². The Morgan fingerprint density at radius 3 is 2.72 bits per heavy atom. The molecule has 0 aliphatic carbocycles. The second-order valence-corrected chi connectivity index (χ2v) is 4.45. The number of nitrogens with two attached hydrogens (primary N) is 1. The molecule has 1 aromatic rings. The summed E-state index contributed by atoms with van der Waals surface area (Å²) >= 11 is 1.27. The second-order valence-electron chi connectivity index (χ2n) is 3.51. The molecule has 0 saturated carbocycles. The molecule has 0 fully saturated rings. The maximum absolute atomic E-state index is 11.2. The highest BCUT2D eigenvalue weighted by atomic mass is 32.1. The van der Waals surface area contributed by atoms with Crippen molar-refractivity contribution < 1.29 is 14.7 Å². The summed E-state index contributed by atoms with van der Waals surface area (Å²) in [6.07, 6.45) is 1.25. The predicted molar refractivity (Wildman–Crippen MR) is 67.9 cm³/mol. The first kappa shape index (κ1) is 14.4. The van der Waals surface area contributed by atoms with Crippen molar-refractivity contribution in [3.8, 4) is 0 Å². The van der Waals surface area contributed by atoms with Crippen LogP contribution in [0, 0.1) is 0 Å². The van der Waals surface area contributed by atoms with Crippen molar-refractivity contribution in [2.24, 2.45) is 5.73 Å². The number of carbonyl (C=O) groups is 2. The number of rotatable bonds is 7. The summed E-state index contributed by atoms with van der Waals surface area (Å²) in [5, 5.41) is 16.2. The molecule has 100 valence electrons. The Labute approximate surface area is 108 Å². The highest BCUT2D eigenvalue weighted by Gasteiger charge is 2.08.